The third kappa shape index (κ3) is 10.4. The fourth-order valence-electron chi connectivity index (χ4n) is 13.0. The lowest BCUT2D eigenvalue weighted by Gasteiger charge is -2.32. The second-order valence-corrected chi connectivity index (χ2v) is 21.9. The van der Waals surface area contributed by atoms with Crippen LogP contribution in [0.25, 0.3) is 44.5 Å². The van der Waals surface area contributed by atoms with Crippen molar-refractivity contribution in [3.8, 4) is 56.0 Å². The fraction of sp³-hybridized carbons (Fsp3) is 0.243. The van der Waals surface area contributed by atoms with Gasteiger partial charge in [-0.15, -0.1) is 0 Å². The zero-order chi connectivity index (χ0) is 55.2. The van der Waals surface area contributed by atoms with E-state index in [1.165, 1.54) is 56.1 Å². The summed E-state index contributed by atoms with van der Waals surface area (Å²) in [6, 6.07) is 68.3. The number of amides is 2. The zero-order valence-electron chi connectivity index (χ0n) is 47.1. The number of carbonyl (C=O) groups is 2. The molecule has 0 atom stereocenters. The number of nitrogens with zero attached hydrogens (tertiary/aromatic N) is 3. The molecule has 9 aromatic carbocycles. The zero-order valence-corrected chi connectivity index (χ0v) is 47.1. The van der Waals surface area contributed by atoms with Crippen LogP contribution in [0.4, 0.5) is 34.1 Å². The first-order valence-corrected chi connectivity index (χ1v) is 29.5. The average Bonchev–Trinajstić information content (AvgIpc) is 4.01. The molecule has 406 valence electrons. The number of methoxy groups -OCH3 is 2. The van der Waals surface area contributed by atoms with Crippen LogP contribution >= 0.6 is 0 Å². The van der Waals surface area contributed by atoms with Crippen molar-refractivity contribution in [1.29, 1.82) is 0 Å². The number of hydrogen-bond acceptors (Lipinski definition) is 6. The Morgan fingerprint density at radius 1 is 0.370 bits per heavy atom. The van der Waals surface area contributed by atoms with Crippen LogP contribution in [0, 0.1) is 0 Å². The molecule has 0 spiro atoms. The molecule has 7 nitrogen and oxygen atoms in total. The minimum Gasteiger partial charge on any atom is -0.496 e. The Hall–Kier alpha value is -8.68. The van der Waals surface area contributed by atoms with Gasteiger partial charge >= 0.3 is 0 Å². The number of carbonyl (C=O) groups excluding carboxylic acids is 2. The van der Waals surface area contributed by atoms with Gasteiger partial charge in [-0.25, -0.2) is 0 Å². The first kappa shape index (κ1) is 53.0. The molecule has 0 bridgehead atoms. The number of hydrogen-bond donors (Lipinski definition) is 0. The van der Waals surface area contributed by atoms with E-state index in [0.717, 1.165) is 133 Å². The van der Waals surface area contributed by atoms with Crippen LogP contribution in [0.1, 0.15) is 114 Å². The van der Waals surface area contributed by atoms with Crippen LogP contribution < -0.4 is 19.3 Å². The Bertz CT molecular complexity index is 3380. The summed E-state index contributed by atoms with van der Waals surface area (Å²) in [5.74, 6) is 1.22. The third-order valence-corrected chi connectivity index (χ3v) is 17.0. The molecule has 2 aliphatic carbocycles. The average molecular weight is 1070 g/mol. The second-order valence-electron chi connectivity index (χ2n) is 21.9. The minimum absolute atomic E-state index is 0.141. The first-order valence-electron chi connectivity index (χ1n) is 29.5. The number of anilines is 6. The molecule has 0 aromatic heterocycles. The SMILES string of the molecule is CCCCCCCCCCCCN1C(=O)c2c3c(c4c(c2C1=O)CCc1cc(-c2ccc(N(c5ccccc5)c5ccccc5)cc2)c(OC)cc1-4)-c1cc(OC)c(-c2ccc(N(c4ccccc4)c4ccccc4)cc2)cc1CC3. The molecule has 81 heavy (non-hydrogen) atoms. The normalized spacial score (nSPS) is 13.0. The monoisotopic (exact) mass is 1070 g/mol. The van der Waals surface area contributed by atoms with Crippen LogP contribution in [0.5, 0.6) is 11.5 Å². The van der Waals surface area contributed by atoms with Gasteiger partial charge in [0.1, 0.15) is 11.5 Å². The van der Waals surface area contributed by atoms with E-state index in [2.05, 4.69) is 187 Å². The quantitative estimate of drug-likeness (QED) is 0.0528. The Balaban J connectivity index is 0.928. The highest BCUT2D eigenvalue weighted by Gasteiger charge is 2.44. The van der Waals surface area contributed by atoms with E-state index in [1.54, 1.807) is 19.1 Å². The van der Waals surface area contributed by atoms with Crippen LogP contribution in [0.3, 0.4) is 0 Å². The van der Waals surface area contributed by atoms with Crippen molar-refractivity contribution in [3.05, 3.63) is 228 Å². The Kier molecular flexibility index (Phi) is 15.7. The molecule has 1 aliphatic heterocycles. The van der Waals surface area contributed by atoms with E-state index in [9.17, 15) is 0 Å². The van der Waals surface area contributed by atoms with Gasteiger partial charge in [-0.05, 0) is 185 Å². The highest BCUT2D eigenvalue weighted by Crippen LogP contribution is 2.54. The Labute approximate surface area is 478 Å². The number of benzene rings is 9. The van der Waals surface area contributed by atoms with E-state index in [1.807, 2.05) is 24.3 Å². The van der Waals surface area contributed by atoms with Crippen molar-refractivity contribution >= 4 is 45.9 Å². The van der Waals surface area contributed by atoms with Gasteiger partial charge < -0.3 is 19.3 Å². The number of ether oxygens (including phenoxy) is 2. The van der Waals surface area contributed by atoms with Crippen molar-refractivity contribution in [2.45, 2.75) is 96.8 Å². The molecule has 3 aliphatic rings. The largest absolute Gasteiger partial charge is 0.496 e. The minimum atomic E-state index is -0.141. The van der Waals surface area contributed by atoms with E-state index in [4.69, 9.17) is 9.47 Å². The van der Waals surface area contributed by atoms with Gasteiger partial charge in [0.15, 0.2) is 0 Å². The molecule has 0 fully saturated rings. The van der Waals surface area contributed by atoms with Crippen molar-refractivity contribution < 1.29 is 19.1 Å². The lowest BCUT2D eigenvalue weighted by atomic mass is 9.71. The number of rotatable bonds is 21. The number of fused-ring (bicyclic) bond motifs is 10. The summed E-state index contributed by atoms with van der Waals surface area (Å²) in [7, 11) is 3.49. The molecule has 1 heterocycles. The van der Waals surface area contributed by atoms with Crippen LogP contribution in [-0.2, 0) is 25.7 Å². The summed E-state index contributed by atoms with van der Waals surface area (Å²) >= 11 is 0. The molecule has 0 radical (unpaired) electrons. The molecule has 0 saturated carbocycles. The third-order valence-electron chi connectivity index (χ3n) is 17.0. The second kappa shape index (κ2) is 24.0. The summed E-state index contributed by atoms with van der Waals surface area (Å²) in [6.07, 6.45) is 14.6. The lowest BCUT2D eigenvalue weighted by molar-refractivity contribution is 0.0650. The predicted molar refractivity (Wildman–Crippen MR) is 333 cm³/mol. The predicted octanol–water partition coefficient (Wildman–Crippen LogP) is 19.0. The molecule has 9 aromatic rings. The summed E-state index contributed by atoms with van der Waals surface area (Å²) in [5.41, 5.74) is 20.2. The number of imide groups is 1. The van der Waals surface area contributed by atoms with E-state index in [-0.39, 0.29) is 11.8 Å². The Morgan fingerprint density at radius 2 is 0.704 bits per heavy atom. The van der Waals surface area contributed by atoms with Crippen molar-refractivity contribution in [2.24, 2.45) is 0 Å². The van der Waals surface area contributed by atoms with E-state index >= 15 is 9.59 Å². The van der Waals surface area contributed by atoms with Gasteiger partial charge in [0, 0.05) is 51.8 Å². The smallest absolute Gasteiger partial charge is 0.261 e. The van der Waals surface area contributed by atoms with Crippen molar-refractivity contribution in [3.63, 3.8) is 0 Å². The molecule has 2 amide bonds. The van der Waals surface area contributed by atoms with E-state index < -0.39 is 0 Å². The molecule has 12 rings (SSSR count). The van der Waals surface area contributed by atoms with Gasteiger partial charge in [0.05, 0.1) is 25.3 Å². The maximum atomic E-state index is 15.0. The van der Waals surface area contributed by atoms with Gasteiger partial charge in [0.25, 0.3) is 11.8 Å². The van der Waals surface area contributed by atoms with Gasteiger partial charge in [-0.2, -0.15) is 0 Å². The standard InChI is InChI=1S/C74H71N3O4/c1-4-5-6-7-8-9-10-11-12-25-46-75-73(78)71-61-44-38-53-47-63(51-34-40-59(41-35-51)76(55-26-17-13-18-27-55)56-28-19-14-20-29-56)67(80-2)49-65(53)69(61)70-62(72(71)74(75)79)45-39-54-48-64(68(81-3)50-66(54)70)52-36-42-60(43-37-52)77(57-30-21-15-22-31-57)58-32-23-16-24-33-58/h13-24,26-37,40-43,47-50H,4-12,25,38-39,44-46H2,1-3H3. The molecule has 7 heteroatoms. The summed E-state index contributed by atoms with van der Waals surface area (Å²) in [4.78, 5) is 36.2. The number of unbranched alkanes of at least 4 members (excludes halogenated alkanes) is 9. The maximum Gasteiger partial charge on any atom is 0.261 e. The van der Waals surface area contributed by atoms with Crippen LogP contribution in [0.15, 0.2) is 194 Å². The number of para-hydroxylation sites is 4. The van der Waals surface area contributed by atoms with E-state index in [0.29, 0.717) is 30.5 Å². The van der Waals surface area contributed by atoms with Gasteiger partial charge in [0.2, 0.25) is 0 Å². The first-order chi connectivity index (χ1) is 39.9. The van der Waals surface area contributed by atoms with Crippen molar-refractivity contribution in [1.82, 2.24) is 4.90 Å². The topological polar surface area (TPSA) is 62.3 Å². The van der Waals surface area contributed by atoms with Gasteiger partial charge in [-0.3, -0.25) is 14.5 Å². The van der Waals surface area contributed by atoms with Crippen LogP contribution in [-0.4, -0.2) is 37.5 Å². The maximum absolute atomic E-state index is 15.0. The summed E-state index contributed by atoms with van der Waals surface area (Å²) in [6.45, 7) is 2.70. The summed E-state index contributed by atoms with van der Waals surface area (Å²) in [5, 5.41) is 0. The summed E-state index contributed by atoms with van der Waals surface area (Å²) < 4.78 is 12.7. The molecular formula is C74H71N3O4. The highest BCUT2D eigenvalue weighted by molar-refractivity contribution is 6.25. The Morgan fingerprint density at radius 3 is 1.05 bits per heavy atom. The molecule has 0 unspecified atom stereocenters. The van der Waals surface area contributed by atoms with Gasteiger partial charge in [-0.1, -0.05) is 162 Å². The molecule has 0 saturated heterocycles. The lowest BCUT2D eigenvalue weighted by Crippen LogP contribution is -2.31. The molecule has 0 N–H and O–H groups in total. The molecular weight excluding hydrogens is 995 g/mol. The van der Waals surface area contributed by atoms with Crippen molar-refractivity contribution in [2.75, 3.05) is 30.6 Å². The number of aryl methyl sites for hydroxylation is 2. The fourth-order valence-corrected chi connectivity index (χ4v) is 13.0. The highest BCUT2D eigenvalue weighted by atomic mass is 16.5. The van der Waals surface area contributed by atoms with Crippen LogP contribution in [0.2, 0.25) is 0 Å².